The predicted octanol–water partition coefficient (Wildman–Crippen LogP) is 2.78. The van der Waals surface area contributed by atoms with E-state index in [0.717, 1.165) is 19.1 Å². The van der Waals surface area contributed by atoms with Gasteiger partial charge in [0.05, 0.1) is 0 Å². The number of rotatable bonds is 4. The smallest absolute Gasteiger partial charge is 0.0236 e. The van der Waals surface area contributed by atoms with Crippen molar-refractivity contribution >= 4 is 0 Å². The molecule has 0 bridgehead atoms. The molecule has 1 atom stereocenters. The molecule has 0 saturated carbocycles. The highest BCUT2D eigenvalue weighted by molar-refractivity contribution is 5.22. The van der Waals surface area contributed by atoms with Crippen LogP contribution in [0.15, 0.2) is 24.3 Å². The molecule has 94 valence electrons. The Labute approximate surface area is 105 Å². The maximum absolute atomic E-state index is 3.18. The molecular weight excluding hydrogens is 208 g/mol. The fraction of sp³-hybridized carbons (Fsp3) is 0.600. The van der Waals surface area contributed by atoms with E-state index < -0.39 is 0 Å². The van der Waals surface area contributed by atoms with Gasteiger partial charge in [0.25, 0.3) is 0 Å². The molecule has 1 saturated heterocycles. The number of nitrogens with zero attached hydrogens (tertiary/aromatic N) is 1. The van der Waals surface area contributed by atoms with Crippen LogP contribution in [0.3, 0.4) is 0 Å². The Hall–Kier alpha value is -0.860. The van der Waals surface area contributed by atoms with Crippen LogP contribution in [0.5, 0.6) is 0 Å². The first-order valence-corrected chi connectivity index (χ1v) is 6.76. The maximum Gasteiger partial charge on any atom is 0.0236 e. The van der Waals surface area contributed by atoms with Gasteiger partial charge in [-0.15, -0.1) is 0 Å². The third-order valence-electron chi connectivity index (χ3n) is 3.73. The summed E-state index contributed by atoms with van der Waals surface area (Å²) in [6, 6.07) is 9.77. The van der Waals surface area contributed by atoms with Gasteiger partial charge in [-0.2, -0.15) is 0 Å². The van der Waals surface area contributed by atoms with Gasteiger partial charge in [-0.3, -0.25) is 4.90 Å². The SMILES string of the molecule is CNCc1ccc(CN2CCCCC2C)cc1. The first-order chi connectivity index (χ1) is 8.29. The van der Waals surface area contributed by atoms with Gasteiger partial charge in [-0.25, -0.2) is 0 Å². The quantitative estimate of drug-likeness (QED) is 0.858. The molecule has 0 spiro atoms. The average Bonchev–Trinajstić information content (AvgIpc) is 2.35. The van der Waals surface area contributed by atoms with Crippen molar-refractivity contribution in [3.05, 3.63) is 35.4 Å². The second-order valence-electron chi connectivity index (χ2n) is 5.16. The molecule has 1 fully saturated rings. The number of hydrogen-bond donors (Lipinski definition) is 1. The second-order valence-corrected chi connectivity index (χ2v) is 5.16. The normalized spacial score (nSPS) is 21.6. The molecule has 0 amide bonds. The molecule has 0 radical (unpaired) electrons. The number of likely N-dealkylation sites (tertiary alicyclic amines) is 1. The third-order valence-corrected chi connectivity index (χ3v) is 3.73. The molecule has 2 rings (SSSR count). The first-order valence-electron chi connectivity index (χ1n) is 6.76. The second kappa shape index (κ2) is 6.18. The molecule has 2 nitrogen and oxygen atoms in total. The zero-order valence-corrected chi connectivity index (χ0v) is 11.1. The van der Waals surface area contributed by atoms with E-state index in [-0.39, 0.29) is 0 Å². The van der Waals surface area contributed by atoms with Gasteiger partial charge in [0.15, 0.2) is 0 Å². The Balaban J connectivity index is 1.93. The first kappa shape index (κ1) is 12.6. The molecule has 1 aliphatic rings. The summed E-state index contributed by atoms with van der Waals surface area (Å²) in [4.78, 5) is 2.61. The highest BCUT2D eigenvalue weighted by Crippen LogP contribution is 2.19. The van der Waals surface area contributed by atoms with Gasteiger partial charge in [0, 0.05) is 19.1 Å². The van der Waals surface area contributed by atoms with E-state index in [1.165, 1.54) is 36.9 Å². The number of benzene rings is 1. The van der Waals surface area contributed by atoms with Gasteiger partial charge in [0.1, 0.15) is 0 Å². The lowest BCUT2D eigenvalue weighted by Crippen LogP contribution is -2.36. The van der Waals surface area contributed by atoms with Crippen molar-refractivity contribution < 1.29 is 0 Å². The van der Waals surface area contributed by atoms with Crippen LogP contribution in [-0.2, 0) is 13.1 Å². The third kappa shape index (κ3) is 3.55. The van der Waals surface area contributed by atoms with Crippen molar-refractivity contribution in [3.63, 3.8) is 0 Å². The van der Waals surface area contributed by atoms with E-state index in [9.17, 15) is 0 Å². The van der Waals surface area contributed by atoms with Crippen molar-refractivity contribution in [1.82, 2.24) is 10.2 Å². The highest BCUT2D eigenvalue weighted by Gasteiger charge is 2.17. The summed E-state index contributed by atoms with van der Waals surface area (Å²) in [7, 11) is 1.99. The zero-order chi connectivity index (χ0) is 12.1. The summed E-state index contributed by atoms with van der Waals surface area (Å²) in [6.07, 6.45) is 4.12. The average molecular weight is 232 g/mol. The Kier molecular flexibility index (Phi) is 4.57. The van der Waals surface area contributed by atoms with Crippen LogP contribution in [0.25, 0.3) is 0 Å². The fourth-order valence-corrected chi connectivity index (χ4v) is 2.59. The minimum atomic E-state index is 0.751. The Bertz CT molecular complexity index is 331. The minimum Gasteiger partial charge on any atom is -0.316 e. The van der Waals surface area contributed by atoms with Crippen molar-refractivity contribution in [1.29, 1.82) is 0 Å². The van der Waals surface area contributed by atoms with E-state index >= 15 is 0 Å². The molecule has 17 heavy (non-hydrogen) atoms. The van der Waals surface area contributed by atoms with E-state index in [1.54, 1.807) is 0 Å². The number of nitrogens with one attached hydrogen (secondary N) is 1. The lowest BCUT2D eigenvalue weighted by molar-refractivity contribution is 0.152. The van der Waals surface area contributed by atoms with Gasteiger partial charge in [-0.1, -0.05) is 30.7 Å². The summed E-state index contributed by atoms with van der Waals surface area (Å²) in [5.74, 6) is 0. The van der Waals surface area contributed by atoms with Crippen molar-refractivity contribution in [2.45, 2.75) is 45.3 Å². The summed E-state index contributed by atoms with van der Waals surface area (Å²) in [5, 5.41) is 3.18. The Morgan fingerprint density at radius 1 is 1.18 bits per heavy atom. The van der Waals surface area contributed by atoms with E-state index in [2.05, 4.69) is 41.4 Å². The van der Waals surface area contributed by atoms with Crippen molar-refractivity contribution in [2.75, 3.05) is 13.6 Å². The summed E-state index contributed by atoms with van der Waals surface area (Å²) in [5.41, 5.74) is 2.81. The Morgan fingerprint density at radius 2 is 1.88 bits per heavy atom. The predicted molar refractivity (Wildman–Crippen MR) is 72.9 cm³/mol. The highest BCUT2D eigenvalue weighted by atomic mass is 15.2. The Morgan fingerprint density at radius 3 is 2.53 bits per heavy atom. The van der Waals surface area contributed by atoms with Crippen LogP contribution in [0, 0.1) is 0 Å². The molecule has 1 aromatic carbocycles. The molecule has 1 aromatic rings. The molecule has 0 aliphatic carbocycles. The minimum absolute atomic E-state index is 0.751. The molecular formula is C15H24N2. The van der Waals surface area contributed by atoms with Crippen LogP contribution < -0.4 is 5.32 Å². The largest absolute Gasteiger partial charge is 0.316 e. The lowest BCUT2D eigenvalue weighted by Gasteiger charge is -2.33. The lowest BCUT2D eigenvalue weighted by atomic mass is 10.0. The van der Waals surface area contributed by atoms with E-state index in [0.29, 0.717) is 0 Å². The molecule has 1 N–H and O–H groups in total. The summed E-state index contributed by atoms with van der Waals surface area (Å²) < 4.78 is 0. The molecule has 2 heteroatoms. The van der Waals surface area contributed by atoms with Crippen LogP contribution in [-0.4, -0.2) is 24.5 Å². The van der Waals surface area contributed by atoms with Crippen molar-refractivity contribution in [2.24, 2.45) is 0 Å². The molecule has 1 unspecified atom stereocenters. The summed E-state index contributed by atoms with van der Waals surface area (Å²) >= 11 is 0. The number of piperidine rings is 1. The summed E-state index contributed by atoms with van der Waals surface area (Å²) in [6.45, 7) is 5.69. The molecule has 1 heterocycles. The fourth-order valence-electron chi connectivity index (χ4n) is 2.59. The molecule has 1 aliphatic heterocycles. The monoisotopic (exact) mass is 232 g/mol. The van der Waals surface area contributed by atoms with E-state index in [4.69, 9.17) is 0 Å². The van der Waals surface area contributed by atoms with Crippen molar-refractivity contribution in [3.8, 4) is 0 Å². The van der Waals surface area contributed by atoms with E-state index in [1.807, 2.05) is 7.05 Å². The number of hydrogen-bond acceptors (Lipinski definition) is 2. The van der Waals surface area contributed by atoms with Gasteiger partial charge >= 0.3 is 0 Å². The van der Waals surface area contributed by atoms with Crippen LogP contribution in [0.4, 0.5) is 0 Å². The maximum atomic E-state index is 3.18. The molecule has 0 aromatic heterocycles. The van der Waals surface area contributed by atoms with Gasteiger partial charge in [-0.05, 0) is 44.5 Å². The zero-order valence-electron chi connectivity index (χ0n) is 11.1. The van der Waals surface area contributed by atoms with Crippen LogP contribution in [0.2, 0.25) is 0 Å². The topological polar surface area (TPSA) is 15.3 Å². The van der Waals surface area contributed by atoms with Crippen LogP contribution in [0.1, 0.15) is 37.3 Å². The van der Waals surface area contributed by atoms with Gasteiger partial charge < -0.3 is 5.32 Å². The van der Waals surface area contributed by atoms with Crippen LogP contribution >= 0.6 is 0 Å². The standard InChI is InChI=1S/C15H24N2/c1-13-5-3-4-10-17(13)12-15-8-6-14(7-9-15)11-16-2/h6-9,13,16H,3-5,10-12H2,1-2H3. The van der Waals surface area contributed by atoms with Gasteiger partial charge in [0.2, 0.25) is 0 Å².